The summed E-state index contributed by atoms with van der Waals surface area (Å²) in [5.41, 5.74) is 2.21. The van der Waals surface area contributed by atoms with Crippen LogP contribution in [-0.2, 0) is 4.74 Å². The van der Waals surface area contributed by atoms with Crippen LogP contribution >= 0.6 is 27.3 Å². The Morgan fingerprint density at radius 3 is 2.45 bits per heavy atom. The van der Waals surface area contributed by atoms with E-state index in [9.17, 15) is 0 Å². The minimum Gasteiger partial charge on any atom is -0.371 e. The average Bonchev–Trinajstić information content (AvgIpc) is 2.84. The third-order valence-corrected chi connectivity index (χ3v) is 4.42. The zero-order valence-electron chi connectivity index (χ0n) is 12.3. The standard InChI is InChI=1S/C16H20BrNOS/c1-5-19-14(16(2,3)4)15-18-13(10-20-15)11-6-8-12(17)9-7-11/h6-10,14H,5H2,1-4H3. The predicted octanol–water partition coefficient (Wildman–Crippen LogP) is 5.70. The van der Waals surface area contributed by atoms with Crippen LogP contribution in [0.25, 0.3) is 11.3 Å². The van der Waals surface area contributed by atoms with Gasteiger partial charge in [0.2, 0.25) is 0 Å². The molecule has 1 aromatic carbocycles. The maximum Gasteiger partial charge on any atom is 0.123 e. The number of benzene rings is 1. The molecule has 1 unspecified atom stereocenters. The quantitative estimate of drug-likeness (QED) is 0.703. The zero-order chi connectivity index (χ0) is 14.8. The zero-order valence-corrected chi connectivity index (χ0v) is 14.7. The molecule has 0 amide bonds. The Hall–Kier alpha value is -0.710. The minimum atomic E-state index is 0.0432. The van der Waals surface area contributed by atoms with Gasteiger partial charge in [0.05, 0.1) is 5.69 Å². The second-order valence-electron chi connectivity index (χ2n) is 5.78. The van der Waals surface area contributed by atoms with Crippen molar-refractivity contribution in [3.8, 4) is 11.3 Å². The molecule has 4 heteroatoms. The summed E-state index contributed by atoms with van der Waals surface area (Å²) < 4.78 is 6.98. The topological polar surface area (TPSA) is 22.1 Å². The summed E-state index contributed by atoms with van der Waals surface area (Å²) in [6, 6.07) is 8.24. The Kier molecular flexibility index (Phi) is 4.99. The molecule has 0 N–H and O–H groups in total. The van der Waals surface area contributed by atoms with E-state index in [-0.39, 0.29) is 11.5 Å². The first kappa shape index (κ1) is 15.7. The Balaban J connectivity index is 2.29. The fourth-order valence-electron chi connectivity index (χ4n) is 2.02. The van der Waals surface area contributed by atoms with Gasteiger partial charge in [0, 0.05) is 22.0 Å². The van der Waals surface area contributed by atoms with E-state index < -0.39 is 0 Å². The van der Waals surface area contributed by atoms with Gasteiger partial charge in [0.15, 0.2) is 0 Å². The molecular formula is C16H20BrNOS. The van der Waals surface area contributed by atoms with E-state index in [4.69, 9.17) is 9.72 Å². The Morgan fingerprint density at radius 2 is 1.90 bits per heavy atom. The molecule has 108 valence electrons. The van der Waals surface area contributed by atoms with E-state index in [2.05, 4.69) is 54.2 Å². The van der Waals surface area contributed by atoms with Gasteiger partial charge >= 0.3 is 0 Å². The fourth-order valence-corrected chi connectivity index (χ4v) is 3.40. The van der Waals surface area contributed by atoms with Crippen LogP contribution in [0.1, 0.15) is 38.8 Å². The van der Waals surface area contributed by atoms with E-state index in [0.717, 1.165) is 20.7 Å². The molecule has 2 aromatic rings. The number of nitrogens with zero attached hydrogens (tertiary/aromatic N) is 1. The second-order valence-corrected chi connectivity index (χ2v) is 7.58. The Bertz CT molecular complexity index is 557. The molecule has 20 heavy (non-hydrogen) atoms. The molecule has 0 fully saturated rings. The van der Waals surface area contributed by atoms with Crippen molar-refractivity contribution < 1.29 is 4.74 Å². The van der Waals surface area contributed by atoms with Crippen molar-refractivity contribution >= 4 is 27.3 Å². The van der Waals surface area contributed by atoms with Gasteiger partial charge in [0.25, 0.3) is 0 Å². The highest BCUT2D eigenvalue weighted by atomic mass is 79.9. The van der Waals surface area contributed by atoms with Crippen LogP contribution < -0.4 is 0 Å². The van der Waals surface area contributed by atoms with Crippen molar-refractivity contribution in [1.82, 2.24) is 4.98 Å². The SMILES string of the molecule is CCOC(c1nc(-c2ccc(Br)cc2)cs1)C(C)(C)C. The van der Waals surface area contributed by atoms with Gasteiger partial charge in [-0.1, -0.05) is 48.8 Å². The van der Waals surface area contributed by atoms with Gasteiger partial charge in [-0.3, -0.25) is 0 Å². The highest BCUT2D eigenvalue weighted by molar-refractivity contribution is 9.10. The summed E-state index contributed by atoms with van der Waals surface area (Å²) in [7, 11) is 0. The summed E-state index contributed by atoms with van der Waals surface area (Å²) in [5, 5.41) is 3.16. The van der Waals surface area contributed by atoms with Gasteiger partial charge in [-0.25, -0.2) is 4.98 Å². The van der Waals surface area contributed by atoms with E-state index in [1.807, 2.05) is 19.1 Å². The third kappa shape index (κ3) is 3.68. The van der Waals surface area contributed by atoms with Crippen molar-refractivity contribution in [2.75, 3.05) is 6.61 Å². The van der Waals surface area contributed by atoms with Gasteiger partial charge < -0.3 is 4.74 Å². The first-order valence-corrected chi connectivity index (χ1v) is 8.42. The second kappa shape index (κ2) is 6.37. The Labute approximate surface area is 133 Å². The number of aromatic nitrogens is 1. The van der Waals surface area contributed by atoms with Crippen molar-refractivity contribution in [2.24, 2.45) is 5.41 Å². The minimum absolute atomic E-state index is 0.0432. The summed E-state index contributed by atoms with van der Waals surface area (Å²) in [4.78, 5) is 4.77. The fraction of sp³-hybridized carbons (Fsp3) is 0.438. The van der Waals surface area contributed by atoms with Crippen LogP contribution in [0.3, 0.4) is 0 Å². The van der Waals surface area contributed by atoms with E-state index in [1.54, 1.807) is 11.3 Å². The summed E-state index contributed by atoms with van der Waals surface area (Å²) in [5.74, 6) is 0. The van der Waals surface area contributed by atoms with Gasteiger partial charge in [0.1, 0.15) is 11.1 Å². The normalized spacial score (nSPS) is 13.4. The molecule has 1 heterocycles. The lowest BCUT2D eigenvalue weighted by molar-refractivity contribution is -0.0133. The van der Waals surface area contributed by atoms with Crippen LogP contribution in [0.2, 0.25) is 0 Å². The lowest BCUT2D eigenvalue weighted by Gasteiger charge is -2.28. The first-order valence-electron chi connectivity index (χ1n) is 6.74. The highest BCUT2D eigenvalue weighted by Crippen LogP contribution is 2.38. The van der Waals surface area contributed by atoms with Crippen molar-refractivity contribution in [1.29, 1.82) is 0 Å². The lowest BCUT2D eigenvalue weighted by atomic mass is 9.89. The van der Waals surface area contributed by atoms with Crippen molar-refractivity contribution in [3.05, 3.63) is 39.1 Å². The number of thiazole rings is 1. The summed E-state index contributed by atoms with van der Waals surface area (Å²) in [6.45, 7) is 9.30. The monoisotopic (exact) mass is 353 g/mol. The first-order chi connectivity index (χ1) is 9.41. The summed E-state index contributed by atoms with van der Waals surface area (Å²) in [6.07, 6.45) is 0.0432. The molecule has 0 radical (unpaired) electrons. The molecule has 0 aliphatic carbocycles. The van der Waals surface area contributed by atoms with Crippen LogP contribution in [0.4, 0.5) is 0 Å². The molecule has 1 aromatic heterocycles. The van der Waals surface area contributed by atoms with Crippen LogP contribution in [0, 0.1) is 5.41 Å². The smallest absolute Gasteiger partial charge is 0.123 e. The van der Waals surface area contributed by atoms with E-state index in [1.165, 1.54) is 0 Å². The van der Waals surface area contributed by atoms with Gasteiger partial charge in [-0.15, -0.1) is 11.3 Å². The largest absolute Gasteiger partial charge is 0.371 e. The molecule has 0 saturated carbocycles. The van der Waals surface area contributed by atoms with Crippen molar-refractivity contribution in [3.63, 3.8) is 0 Å². The number of halogens is 1. The molecular weight excluding hydrogens is 334 g/mol. The highest BCUT2D eigenvalue weighted by Gasteiger charge is 2.29. The predicted molar refractivity (Wildman–Crippen MR) is 89.1 cm³/mol. The molecule has 1 atom stereocenters. The number of ether oxygens (including phenoxy) is 1. The van der Waals surface area contributed by atoms with Crippen LogP contribution in [0.15, 0.2) is 34.1 Å². The Morgan fingerprint density at radius 1 is 1.25 bits per heavy atom. The van der Waals surface area contributed by atoms with Crippen LogP contribution in [0.5, 0.6) is 0 Å². The number of hydrogen-bond donors (Lipinski definition) is 0. The molecule has 2 rings (SSSR count). The van der Waals surface area contributed by atoms with Crippen molar-refractivity contribution in [2.45, 2.75) is 33.8 Å². The molecule has 2 nitrogen and oxygen atoms in total. The average molecular weight is 354 g/mol. The molecule has 0 aliphatic rings. The van der Waals surface area contributed by atoms with Gasteiger partial charge in [-0.2, -0.15) is 0 Å². The van der Waals surface area contributed by atoms with Gasteiger partial charge in [-0.05, 0) is 24.5 Å². The maximum absolute atomic E-state index is 5.90. The lowest BCUT2D eigenvalue weighted by Crippen LogP contribution is -2.21. The number of hydrogen-bond acceptors (Lipinski definition) is 3. The van der Waals surface area contributed by atoms with E-state index in [0.29, 0.717) is 6.61 Å². The third-order valence-electron chi connectivity index (χ3n) is 3.01. The molecule has 0 spiro atoms. The number of rotatable bonds is 4. The van der Waals surface area contributed by atoms with Crippen LogP contribution in [-0.4, -0.2) is 11.6 Å². The molecule has 0 aliphatic heterocycles. The maximum atomic E-state index is 5.90. The molecule has 0 saturated heterocycles. The van der Waals surface area contributed by atoms with E-state index >= 15 is 0 Å². The summed E-state index contributed by atoms with van der Waals surface area (Å²) >= 11 is 5.13. The molecule has 0 bridgehead atoms.